The van der Waals surface area contributed by atoms with E-state index in [0.717, 1.165) is 120 Å². The van der Waals surface area contributed by atoms with Gasteiger partial charge in [0, 0.05) is 25.7 Å². The van der Waals surface area contributed by atoms with E-state index in [-0.39, 0.29) is 25.7 Å². The highest BCUT2D eigenvalue weighted by molar-refractivity contribution is 7.47. The summed E-state index contributed by atoms with van der Waals surface area (Å²) in [7, 11) is -9.91. The van der Waals surface area contributed by atoms with Crippen LogP contribution in [0.5, 0.6) is 0 Å². The molecule has 91 heavy (non-hydrogen) atoms. The van der Waals surface area contributed by atoms with E-state index in [9.17, 15) is 43.2 Å². The van der Waals surface area contributed by atoms with Gasteiger partial charge in [-0.2, -0.15) is 0 Å². The minimum Gasteiger partial charge on any atom is -0.462 e. The summed E-state index contributed by atoms with van der Waals surface area (Å²) >= 11 is 0. The number of hydrogen-bond donors (Lipinski definition) is 3. The van der Waals surface area contributed by atoms with E-state index in [1.54, 1.807) is 0 Å². The number of aliphatic hydroxyl groups is 1. The van der Waals surface area contributed by atoms with Crippen LogP contribution in [0.2, 0.25) is 0 Å². The molecular formula is C72H140O17P2. The van der Waals surface area contributed by atoms with E-state index in [0.29, 0.717) is 25.7 Å². The molecule has 3 N–H and O–H groups in total. The molecule has 0 rings (SSSR count). The summed E-state index contributed by atoms with van der Waals surface area (Å²) in [6.45, 7) is 14.1. The molecule has 0 radical (unpaired) electrons. The van der Waals surface area contributed by atoms with E-state index in [1.165, 1.54) is 154 Å². The van der Waals surface area contributed by atoms with Crippen LogP contribution in [-0.2, 0) is 65.4 Å². The van der Waals surface area contributed by atoms with Crippen molar-refractivity contribution in [2.45, 2.75) is 375 Å². The summed E-state index contributed by atoms with van der Waals surface area (Å²) in [4.78, 5) is 72.6. The number of ether oxygens (including phenoxy) is 4. The van der Waals surface area contributed by atoms with Crippen LogP contribution in [0, 0.1) is 23.7 Å². The van der Waals surface area contributed by atoms with Crippen molar-refractivity contribution in [2.24, 2.45) is 23.7 Å². The van der Waals surface area contributed by atoms with Crippen molar-refractivity contribution in [3.63, 3.8) is 0 Å². The summed E-state index contributed by atoms with van der Waals surface area (Å²) in [6, 6.07) is 0. The van der Waals surface area contributed by atoms with Gasteiger partial charge in [0.05, 0.1) is 26.4 Å². The number of unbranched alkanes of at least 4 members (excludes halogenated alkanes) is 34. The van der Waals surface area contributed by atoms with Crippen molar-refractivity contribution in [2.75, 3.05) is 39.6 Å². The van der Waals surface area contributed by atoms with Gasteiger partial charge in [0.25, 0.3) is 0 Å². The maximum atomic E-state index is 13.0. The summed E-state index contributed by atoms with van der Waals surface area (Å²) in [5.74, 6) is 0.875. The first-order valence-corrected chi connectivity index (χ1v) is 40.2. The second-order valence-electron chi connectivity index (χ2n) is 27.6. The molecule has 19 heteroatoms. The molecule has 0 aliphatic rings. The van der Waals surface area contributed by atoms with Gasteiger partial charge in [0.15, 0.2) is 12.2 Å². The van der Waals surface area contributed by atoms with E-state index in [1.807, 2.05) is 0 Å². The van der Waals surface area contributed by atoms with Gasteiger partial charge in [0.2, 0.25) is 0 Å². The molecule has 0 amide bonds. The molecule has 0 aromatic rings. The zero-order valence-corrected chi connectivity index (χ0v) is 61.3. The Morgan fingerprint density at radius 2 is 0.527 bits per heavy atom. The first kappa shape index (κ1) is 89.1. The monoisotopic (exact) mass is 1340 g/mol. The maximum Gasteiger partial charge on any atom is 0.472 e. The van der Waals surface area contributed by atoms with Crippen LogP contribution in [0.4, 0.5) is 0 Å². The van der Waals surface area contributed by atoms with Crippen LogP contribution in [0.3, 0.4) is 0 Å². The molecule has 6 atom stereocenters. The van der Waals surface area contributed by atoms with Gasteiger partial charge in [-0.1, -0.05) is 306 Å². The van der Waals surface area contributed by atoms with Crippen molar-refractivity contribution < 1.29 is 80.2 Å². The number of carbonyl (C=O) groups is 4. The van der Waals surface area contributed by atoms with Crippen LogP contribution in [0.25, 0.3) is 0 Å². The fourth-order valence-corrected chi connectivity index (χ4v) is 12.4. The third-order valence-electron chi connectivity index (χ3n) is 16.9. The van der Waals surface area contributed by atoms with Gasteiger partial charge in [-0.3, -0.25) is 37.3 Å². The van der Waals surface area contributed by atoms with Crippen molar-refractivity contribution in [3.05, 3.63) is 0 Å². The van der Waals surface area contributed by atoms with E-state index in [4.69, 9.17) is 37.0 Å². The predicted octanol–water partition coefficient (Wildman–Crippen LogP) is 20.5. The highest BCUT2D eigenvalue weighted by Crippen LogP contribution is 2.45. The van der Waals surface area contributed by atoms with Crippen molar-refractivity contribution in [1.82, 2.24) is 0 Å². The summed E-state index contributed by atoms with van der Waals surface area (Å²) < 4.78 is 68.3. The molecule has 0 spiro atoms. The molecule has 0 aromatic heterocycles. The summed E-state index contributed by atoms with van der Waals surface area (Å²) in [5.41, 5.74) is 0. The van der Waals surface area contributed by atoms with Gasteiger partial charge in [0.1, 0.15) is 19.3 Å². The lowest BCUT2D eigenvalue weighted by Gasteiger charge is -2.21. The molecule has 540 valence electrons. The standard InChI is InChI=1S/C72H140O17P2/c1-9-65(8)51-43-35-30-31-37-45-53-70(75)83-59-68(89-72(77)55-47-39-29-23-17-20-26-34-42-50-64(6)7)61-87-91(80,81)85-57-66(73)56-84-90(78,79)86-60-67(88-71(76)54-46-38-28-22-16-19-25-33-41-49-63(4)5)58-82-69(74)52-44-36-27-21-15-13-11-10-12-14-18-24-32-40-48-62(2)3/h62-68,73H,9-61H2,1-8H3,(H,78,79)(H,80,81)/t65?,66-,67-,68-/m1/s1. The molecule has 3 unspecified atom stereocenters. The third kappa shape index (κ3) is 65.1. The largest absolute Gasteiger partial charge is 0.472 e. The highest BCUT2D eigenvalue weighted by atomic mass is 31.2. The first-order chi connectivity index (χ1) is 43.6. The molecule has 0 bridgehead atoms. The number of phosphoric acid groups is 2. The Kier molecular flexibility index (Phi) is 60.3. The van der Waals surface area contributed by atoms with Gasteiger partial charge >= 0.3 is 39.5 Å². The number of phosphoric ester groups is 2. The number of rotatable bonds is 69. The Hall–Kier alpha value is -1.94. The first-order valence-electron chi connectivity index (χ1n) is 37.2. The minimum absolute atomic E-state index is 0.104. The molecule has 17 nitrogen and oxygen atoms in total. The van der Waals surface area contributed by atoms with Crippen molar-refractivity contribution in [1.29, 1.82) is 0 Å². The Morgan fingerprint density at radius 3 is 0.780 bits per heavy atom. The normalized spacial score (nSPS) is 14.5. The van der Waals surface area contributed by atoms with Crippen LogP contribution >= 0.6 is 15.6 Å². The highest BCUT2D eigenvalue weighted by Gasteiger charge is 2.30. The average Bonchev–Trinajstić information content (AvgIpc) is 3.68. The predicted molar refractivity (Wildman–Crippen MR) is 367 cm³/mol. The van der Waals surface area contributed by atoms with E-state index < -0.39 is 97.5 Å². The smallest absolute Gasteiger partial charge is 0.462 e. The molecule has 0 saturated heterocycles. The zero-order chi connectivity index (χ0) is 67.5. The maximum absolute atomic E-state index is 13.0. The molecule has 0 fully saturated rings. The van der Waals surface area contributed by atoms with Crippen LogP contribution < -0.4 is 0 Å². The average molecular weight is 1340 g/mol. The number of aliphatic hydroxyl groups excluding tert-OH is 1. The van der Waals surface area contributed by atoms with E-state index in [2.05, 4.69) is 55.4 Å². The number of carbonyl (C=O) groups excluding carboxylic acids is 4. The van der Waals surface area contributed by atoms with E-state index >= 15 is 0 Å². The summed E-state index contributed by atoms with van der Waals surface area (Å²) in [6.07, 6.45) is 44.5. The molecule has 0 saturated carbocycles. The lowest BCUT2D eigenvalue weighted by Crippen LogP contribution is -2.30. The number of hydrogen-bond acceptors (Lipinski definition) is 15. The SMILES string of the molecule is CCC(C)CCCCCCCCC(=O)OC[C@H](COP(=O)(O)OC[C@H](O)COP(=O)(O)OC[C@@H](COC(=O)CCCCCCCCCCCCCCCCC(C)C)OC(=O)CCCCCCCCCCCC(C)C)OC(=O)CCCCCCCCCCCC(C)C. The molecule has 0 aliphatic carbocycles. The second-order valence-corrected chi connectivity index (χ2v) is 30.6. The van der Waals surface area contributed by atoms with Gasteiger partial charge < -0.3 is 33.8 Å². The third-order valence-corrected chi connectivity index (χ3v) is 18.8. The Bertz CT molecular complexity index is 1800. The fraction of sp³-hybridized carbons (Fsp3) is 0.944. The van der Waals surface area contributed by atoms with Crippen LogP contribution in [-0.4, -0.2) is 96.7 Å². The van der Waals surface area contributed by atoms with Gasteiger partial charge in [-0.15, -0.1) is 0 Å². The molecule has 0 aromatic carbocycles. The lowest BCUT2D eigenvalue weighted by molar-refractivity contribution is -0.161. The topological polar surface area (TPSA) is 237 Å². The molecule has 0 heterocycles. The Balaban J connectivity index is 5.23. The quantitative estimate of drug-likeness (QED) is 0.0222. The second kappa shape index (κ2) is 61.6. The Morgan fingerprint density at radius 1 is 0.308 bits per heavy atom. The van der Waals surface area contributed by atoms with Crippen molar-refractivity contribution >= 4 is 39.5 Å². The fourth-order valence-electron chi connectivity index (χ4n) is 10.8. The van der Waals surface area contributed by atoms with Gasteiger partial charge in [-0.25, -0.2) is 9.13 Å². The lowest BCUT2D eigenvalue weighted by atomic mass is 10.00. The Labute approximate surface area is 556 Å². The van der Waals surface area contributed by atoms with Crippen molar-refractivity contribution in [3.8, 4) is 0 Å². The number of esters is 4. The minimum atomic E-state index is -4.95. The van der Waals surface area contributed by atoms with Crippen LogP contribution in [0.15, 0.2) is 0 Å². The summed E-state index contributed by atoms with van der Waals surface area (Å²) in [5, 5.41) is 10.6. The molecular weight excluding hydrogens is 1200 g/mol. The van der Waals surface area contributed by atoms with Crippen LogP contribution in [0.1, 0.15) is 357 Å². The zero-order valence-electron chi connectivity index (χ0n) is 59.5. The van der Waals surface area contributed by atoms with Gasteiger partial charge in [-0.05, 0) is 49.4 Å². The molecule has 0 aliphatic heterocycles.